The third-order valence-corrected chi connectivity index (χ3v) is 4.29. The fourth-order valence-electron chi connectivity index (χ4n) is 2.42. The van der Waals surface area contributed by atoms with Gasteiger partial charge in [0.1, 0.15) is 5.54 Å². The van der Waals surface area contributed by atoms with Crippen LogP contribution in [0.2, 0.25) is 0 Å². The Balaban J connectivity index is 2.15. The van der Waals surface area contributed by atoms with Gasteiger partial charge in [0.15, 0.2) is 5.11 Å². The largest absolute Gasteiger partial charge is 0.344 e. The van der Waals surface area contributed by atoms with Crippen molar-refractivity contribution in [1.29, 1.82) is 0 Å². The Morgan fingerprint density at radius 3 is 3.13 bits per heavy atom. The van der Waals surface area contributed by atoms with Crippen LogP contribution in [-0.4, -0.2) is 11.0 Å². The Labute approximate surface area is 96.9 Å². The second kappa shape index (κ2) is 3.02. The normalized spacial score (nSPS) is 28.8. The Bertz CT molecular complexity index is 454. The fourth-order valence-corrected chi connectivity index (χ4v) is 3.69. The lowest BCUT2D eigenvalue weighted by atomic mass is 9.80. The molecule has 3 nitrogen and oxygen atoms in total. The van der Waals surface area contributed by atoms with E-state index in [0.29, 0.717) is 5.11 Å². The molecule has 1 spiro atoms. The van der Waals surface area contributed by atoms with Gasteiger partial charge < -0.3 is 10.6 Å². The fraction of sp³-hybridized carbons (Fsp3) is 0.400. The monoisotopic (exact) mass is 238 g/mol. The second-order valence-corrected chi connectivity index (χ2v) is 5.33. The van der Waals surface area contributed by atoms with Crippen molar-refractivity contribution in [2.45, 2.75) is 24.8 Å². The molecular formula is C10H10N2OS2. The Morgan fingerprint density at radius 2 is 2.40 bits per heavy atom. The number of fused-ring (bicyclic) bond motifs is 2. The average Bonchev–Trinajstić information content (AvgIpc) is 2.74. The summed E-state index contributed by atoms with van der Waals surface area (Å²) < 4.78 is 0. The summed E-state index contributed by atoms with van der Waals surface area (Å²) >= 11 is 6.74. The molecule has 2 aliphatic rings. The first kappa shape index (κ1) is 9.30. The van der Waals surface area contributed by atoms with Crippen molar-refractivity contribution >= 4 is 34.6 Å². The molecular weight excluding hydrogens is 228 g/mol. The van der Waals surface area contributed by atoms with Gasteiger partial charge >= 0.3 is 0 Å². The van der Waals surface area contributed by atoms with Gasteiger partial charge in [0.25, 0.3) is 5.91 Å². The molecule has 0 bridgehead atoms. The van der Waals surface area contributed by atoms with Crippen LogP contribution in [-0.2, 0) is 16.8 Å². The number of thiocarbonyl (C=S) groups is 1. The average molecular weight is 238 g/mol. The third kappa shape index (κ3) is 1.16. The maximum Gasteiger partial charge on any atom is 0.256 e. The summed E-state index contributed by atoms with van der Waals surface area (Å²) in [6.45, 7) is 0. The molecule has 1 aliphatic carbocycles. The van der Waals surface area contributed by atoms with Gasteiger partial charge in [-0.2, -0.15) is 0 Å². The van der Waals surface area contributed by atoms with E-state index >= 15 is 0 Å². The van der Waals surface area contributed by atoms with E-state index in [2.05, 4.69) is 10.6 Å². The minimum atomic E-state index is -0.565. The van der Waals surface area contributed by atoms with E-state index in [0.717, 1.165) is 24.8 Å². The molecule has 1 amide bonds. The molecule has 1 saturated heterocycles. The van der Waals surface area contributed by atoms with Crippen molar-refractivity contribution in [3.63, 3.8) is 0 Å². The van der Waals surface area contributed by atoms with Gasteiger partial charge in [0.05, 0.1) is 0 Å². The highest BCUT2D eigenvalue weighted by molar-refractivity contribution is 7.80. The van der Waals surface area contributed by atoms with Crippen molar-refractivity contribution in [3.05, 3.63) is 21.9 Å². The molecule has 15 heavy (non-hydrogen) atoms. The molecule has 3 rings (SSSR count). The molecule has 0 aromatic carbocycles. The number of amides is 1. The summed E-state index contributed by atoms with van der Waals surface area (Å²) in [5.74, 6) is 0.00634. The van der Waals surface area contributed by atoms with Crippen LogP contribution in [0.25, 0.3) is 0 Å². The highest BCUT2D eigenvalue weighted by atomic mass is 32.1. The maximum atomic E-state index is 12.0. The highest BCUT2D eigenvalue weighted by Crippen LogP contribution is 2.39. The van der Waals surface area contributed by atoms with E-state index in [9.17, 15) is 4.79 Å². The standard InChI is InChI=1S/C10H10N2OS2/c13-8-10(12-9(14)11-8)4-1-2-7-6(10)3-5-15-7/h3,5H,1-2,4H2,(H2,11,12,13,14). The van der Waals surface area contributed by atoms with Crippen LogP contribution in [0.1, 0.15) is 23.3 Å². The molecule has 0 radical (unpaired) electrons. The van der Waals surface area contributed by atoms with Crippen molar-refractivity contribution in [2.24, 2.45) is 0 Å². The van der Waals surface area contributed by atoms with Crippen LogP contribution in [0.5, 0.6) is 0 Å². The van der Waals surface area contributed by atoms with Crippen molar-refractivity contribution in [2.75, 3.05) is 0 Å². The van der Waals surface area contributed by atoms with E-state index in [1.54, 1.807) is 11.3 Å². The number of carbonyl (C=O) groups is 1. The number of carbonyl (C=O) groups excluding carboxylic acids is 1. The summed E-state index contributed by atoms with van der Waals surface area (Å²) in [5.41, 5.74) is 0.557. The first-order valence-electron chi connectivity index (χ1n) is 4.93. The van der Waals surface area contributed by atoms with Crippen LogP contribution in [0.15, 0.2) is 11.4 Å². The summed E-state index contributed by atoms with van der Waals surface area (Å²) in [4.78, 5) is 13.3. The van der Waals surface area contributed by atoms with Gasteiger partial charge in [-0.3, -0.25) is 4.79 Å². The quantitative estimate of drug-likeness (QED) is 0.669. The van der Waals surface area contributed by atoms with Crippen molar-refractivity contribution in [3.8, 4) is 0 Å². The molecule has 1 unspecified atom stereocenters. The number of aryl methyl sites for hydroxylation is 1. The molecule has 1 aliphatic heterocycles. The van der Waals surface area contributed by atoms with E-state index in [4.69, 9.17) is 12.2 Å². The van der Waals surface area contributed by atoms with E-state index in [-0.39, 0.29) is 5.91 Å². The van der Waals surface area contributed by atoms with Crippen molar-refractivity contribution in [1.82, 2.24) is 10.6 Å². The summed E-state index contributed by atoms with van der Waals surface area (Å²) in [6, 6.07) is 2.04. The Hall–Kier alpha value is -0.940. The lowest BCUT2D eigenvalue weighted by Gasteiger charge is -2.30. The molecule has 2 N–H and O–H groups in total. The molecule has 1 aromatic heterocycles. The maximum absolute atomic E-state index is 12.0. The Kier molecular flexibility index (Phi) is 1.87. The van der Waals surface area contributed by atoms with Gasteiger partial charge in [-0.25, -0.2) is 0 Å². The first-order chi connectivity index (χ1) is 7.22. The minimum absolute atomic E-state index is 0.00634. The summed E-state index contributed by atoms with van der Waals surface area (Å²) in [6.07, 6.45) is 2.95. The molecule has 1 fully saturated rings. The zero-order chi connectivity index (χ0) is 10.5. The predicted molar refractivity (Wildman–Crippen MR) is 62.8 cm³/mol. The van der Waals surface area contributed by atoms with Crippen LogP contribution in [0.4, 0.5) is 0 Å². The predicted octanol–water partition coefficient (Wildman–Crippen LogP) is 1.28. The number of rotatable bonds is 0. The summed E-state index contributed by atoms with van der Waals surface area (Å²) in [5, 5.41) is 8.34. The van der Waals surface area contributed by atoms with Crippen LogP contribution >= 0.6 is 23.6 Å². The number of hydrogen-bond donors (Lipinski definition) is 2. The molecule has 0 saturated carbocycles. The van der Waals surface area contributed by atoms with Crippen LogP contribution < -0.4 is 10.6 Å². The second-order valence-electron chi connectivity index (χ2n) is 3.92. The molecule has 1 aromatic rings. The topological polar surface area (TPSA) is 41.1 Å². The molecule has 78 valence electrons. The number of thiophene rings is 1. The number of hydrogen-bond acceptors (Lipinski definition) is 3. The van der Waals surface area contributed by atoms with Gasteiger partial charge in [-0.15, -0.1) is 11.3 Å². The zero-order valence-electron chi connectivity index (χ0n) is 8.00. The third-order valence-electron chi connectivity index (χ3n) is 3.10. The lowest BCUT2D eigenvalue weighted by Crippen LogP contribution is -2.45. The van der Waals surface area contributed by atoms with E-state index in [1.165, 1.54) is 4.88 Å². The molecule has 1 atom stereocenters. The van der Waals surface area contributed by atoms with Gasteiger partial charge in [0.2, 0.25) is 0 Å². The van der Waals surface area contributed by atoms with Gasteiger partial charge in [0, 0.05) is 10.4 Å². The summed E-state index contributed by atoms with van der Waals surface area (Å²) in [7, 11) is 0. The Morgan fingerprint density at radius 1 is 1.53 bits per heavy atom. The zero-order valence-corrected chi connectivity index (χ0v) is 9.63. The van der Waals surface area contributed by atoms with Gasteiger partial charge in [-0.05, 0) is 42.9 Å². The van der Waals surface area contributed by atoms with E-state index in [1.807, 2.05) is 11.4 Å². The first-order valence-corrected chi connectivity index (χ1v) is 6.22. The SMILES string of the molecule is O=C1NC(=S)NC12CCCc1sccc12. The lowest BCUT2D eigenvalue weighted by molar-refractivity contribution is -0.124. The van der Waals surface area contributed by atoms with Crippen LogP contribution in [0.3, 0.4) is 0 Å². The van der Waals surface area contributed by atoms with E-state index < -0.39 is 5.54 Å². The highest BCUT2D eigenvalue weighted by Gasteiger charge is 2.48. The molecule has 5 heteroatoms. The van der Waals surface area contributed by atoms with Crippen molar-refractivity contribution < 1.29 is 4.79 Å². The molecule has 2 heterocycles. The van der Waals surface area contributed by atoms with Gasteiger partial charge in [-0.1, -0.05) is 0 Å². The minimum Gasteiger partial charge on any atom is -0.344 e. The van der Waals surface area contributed by atoms with Crippen LogP contribution in [0, 0.1) is 0 Å². The smallest absolute Gasteiger partial charge is 0.256 e. The number of nitrogens with one attached hydrogen (secondary N) is 2.